The number of hydrogen-bond acceptors (Lipinski definition) is 3. The summed E-state index contributed by atoms with van der Waals surface area (Å²) in [6.45, 7) is 2.33. The molecule has 156 valence electrons. The molecular formula is C25H27NO3S. The van der Waals surface area contributed by atoms with Crippen LogP contribution in [0.2, 0.25) is 0 Å². The lowest BCUT2D eigenvalue weighted by Gasteiger charge is -2.45. The Kier molecular flexibility index (Phi) is 5.78. The molecular weight excluding hydrogens is 394 g/mol. The summed E-state index contributed by atoms with van der Waals surface area (Å²) >= 11 is 0. The molecule has 1 N–H and O–H groups in total. The fourth-order valence-corrected chi connectivity index (χ4v) is 6.10. The van der Waals surface area contributed by atoms with Crippen molar-refractivity contribution in [3.8, 4) is 0 Å². The van der Waals surface area contributed by atoms with Gasteiger partial charge in [-0.2, -0.15) is 4.31 Å². The number of nitrogens with zero attached hydrogens (tertiary/aromatic N) is 1. The van der Waals surface area contributed by atoms with E-state index < -0.39 is 21.7 Å². The largest absolute Gasteiger partial charge is 0.379 e. The summed E-state index contributed by atoms with van der Waals surface area (Å²) in [6, 6.07) is 25.1. The topological polar surface area (TPSA) is 57.6 Å². The van der Waals surface area contributed by atoms with E-state index in [1.807, 2.05) is 79.7 Å². The van der Waals surface area contributed by atoms with Crippen molar-refractivity contribution in [1.82, 2.24) is 4.31 Å². The number of aryl methyl sites for hydroxylation is 1. The Morgan fingerprint density at radius 1 is 0.833 bits per heavy atom. The predicted molar refractivity (Wildman–Crippen MR) is 119 cm³/mol. The summed E-state index contributed by atoms with van der Waals surface area (Å²) < 4.78 is 28.8. The first-order valence-electron chi connectivity index (χ1n) is 10.4. The molecule has 1 saturated heterocycles. The van der Waals surface area contributed by atoms with Gasteiger partial charge in [0, 0.05) is 6.54 Å². The molecule has 0 saturated carbocycles. The van der Waals surface area contributed by atoms with E-state index in [9.17, 15) is 13.5 Å². The number of hydrogen-bond donors (Lipinski definition) is 1. The fourth-order valence-electron chi connectivity index (χ4n) is 4.39. The van der Waals surface area contributed by atoms with E-state index in [0.717, 1.165) is 18.4 Å². The predicted octanol–water partition coefficient (Wildman–Crippen LogP) is 4.47. The van der Waals surface area contributed by atoms with Crippen LogP contribution in [0.15, 0.2) is 89.8 Å². The number of benzene rings is 3. The third-order valence-electron chi connectivity index (χ3n) is 5.99. The Hall–Kier alpha value is -2.47. The third kappa shape index (κ3) is 3.69. The second-order valence-corrected chi connectivity index (χ2v) is 9.83. The minimum absolute atomic E-state index is 0.267. The van der Waals surface area contributed by atoms with E-state index >= 15 is 0 Å². The van der Waals surface area contributed by atoms with Gasteiger partial charge in [0.25, 0.3) is 0 Å². The molecule has 5 heteroatoms. The molecule has 1 heterocycles. The summed E-state index contributed by atoms with van der Waals surface area (Å²) in [7, 11) is -3.75. The molecule has 0 amide bonds. The van der Waals surface area contributed by atoms with Gasteiger partial charge in [-0.1, -0.05) is 84.8 Å². The number of aliphatic hydroxyl groups is 1. The van der Waals surface area contributed by atoms with E-state index in [0.29, 0.717) is 24.1 Å². The molecule has 0 aliphatic carbocycles. The summed E-state index contributed by atoms with van der Waals surface area (Å²) in [5.41, 5.74) is 0.967. The van der Waals surface area contributed by atoms with Crippen molar-refractivity contribution in [1.29, 1.82) is 0 Å². The van der Waals surface area contributed by atoms with Gasteiger partial charge in [0.15, 0.2) is 0 Å². The van der Waals surface area contributed by atoms with E-state index in [1.165, 1.54) is 4.31 Å². The lowest BCUT2D eigenvalue weighted by molar-refractivity contribution is -0.00658. The van der Waals surface area contributed by atoms with Crippen LogP contribution in [0.25, 0.3) is 0 Å². The van der Waals surface area contributed by atoms with Crippen LogP contribution in [0.3, 0.4) is 0 Å². The Labute approximate surface area is 178 Å². The van der Waals surface area contributed by atoms with Crippen LogP contribution in [0.1, 0.15) is 36.0 Å². The zero-order valence-corrected chi connectivity index (χ0v) is 17.9. The Bertz CT molecular complexity index is 1040. The molecule has 0 unspecified atom stereocenters. The fraction of sp³-hybridized carbons (Fsp3) is 0.280. The molecule has 4 rings (SSSR count). The zero-order chi connectivity index (χ0) is 21.2. The average molecular weight is 422 g/mol. The Balaban J connectivity index is 1.86. The lowest BCUT2D eigenvalue weighted by Crippen LogP contribution is -2.55. The second kappa shape index (κ2) is 8.34. The van der Waals surface area contributed by atoms with Crippen molar-refractivity contribution < 1.29 is 13.5 Å². The van der Waals surface area contributed by atoms with Crippen molar-refractivity contribution in [3.05, 3.63) is 102 Å². The minimum Gasteiger partial charge on any atom is -0.379 e. The lowest BCUT2D eigenvalue weighted by atomic mass is 9.77. The van der Waals surface area contributed by atoms with Gasteiger partial charge in [-0.25, -0.2) is 8.42 Å². The van der Waals surface area contributed by atoms with Gasteiger partial charge in [0.2, 0.25) is 10.0 Å². The molecule has 1 fully saturated rings. The highest BCUT2D eigenvalue weighted by Crippen LogP contribution is 2.41. The molecule has 1 aliphatic rings. The molecule has 1 atom stereocenters. The summed E-state index contributed by atoms with van der Waals surface area (Å²) in [4.78, 5) is 0.267. The number of piperidine rings is 1. The molecule has 0 bridgehead atoms. The molecule has 1 aliphatic heterocycles. The maximum Gasteiger partial charge on any atom is 0.243 e. The quantitative estimate of drug-likeness (QED) is 0.661. The third-order valence-corrected chi connectivity index (χ3v) is 7.91. The van der Waals surface area contributed by atoms with Crippen LogP contribution in [0, 0.1) is 6.92 Å². The van der Waals surface area contributed by atoms with Gasteiger partial charge >= 0.3 is 0 Å². The highest BCUT2D eigenvalue weighted by atomic mass is 32.2. The first kappa shape index (κ1) is 20.8. The summed E-state index contributed by atoms with van der Waals surface area (Å²) in [6.07, 6.45) is 2.24. The SMILES string of the molecule is Cc1ccc(S(=O)(=O)N2CCCC[C@H]2C(O)(c2ccccc2)c2ccccc2)cc1. The Morgan fingerprint density at radius 2 is 1.37 bits per heavy atom. The van der Waals surface area contributed by atoms with E-state index in [2.05, 4.69) is 0 Å². The van der Waals surface area contributed by atoms with Crippen LogP contribution in [0.4, 0.5) is 0 Å². The van der Waals surface area contributed by atoms with Crippen LogP contribution >= 0.6 is 0 Å². The minimum atomic E-state index is -3.75. The van der Waals surface area contributed by atoms with E-state index in [-0.39, 0.29) is 4.90 Å². The second-order valence-electron chi connectivity index (χ2n) is 7.94. The number of rotatable bonds is 5. The highest BCUT2D eigenvalue weighted by molar-refractivity contribution is 7.89. The van der Waals surface area contributed by atoms with Crippen LogP contribution < -0.4 is 0 Å². The highest BCUT2D eigenvalue weighted by Gasteiger charge is 2.48. The molecule has 0 spiro atoms. The van der Waals surface area contributed by atoms with Crippen molar-refractivity contribution in [3.63, 3.8) is 0 Å². The van der Waals surface area contributed by atoms with Gasteiger partial charge in [-0.15, -0.1) is 0 Å². The van der Waals surface area contributed by atoms with E-state index in [4.69, 9.17) is 0 Å². The summed E-state index contributed by atoms with van der Waals surface area (Å²) in [5.74, 6) is 0. The van der Waals surface area contributed by atoms with Crippen LogP contribution in [-0.2, 0) is 15.6 Å². The first-order chi connectivity index (χ1) is 14.4. The van der Waals surface area contributed by atoms with Crippen molar-refractivity contribution in [2.45, 2.75) is 42.7 Å². The first-order valence-corrected chi connectivity index (χ1v) is 11.8. The zero-order valence-electron chi connectivity index (χ0n) is 17.1. The monoisotopic (exact) mass is 421 g/mol. The molecule has 3 aromatic carbocycles. The maximum atomic E-state index is 13.6. The van der Waals surface area contributed by atoms with Gasteiger partial charge in [0.05, 0.1) is 10.9 Å². The van der Waals surface area contributed by atoms with Crippen molar-refractivity contribution in [2.75, 3.05) is 6.54 Å². The average Bonchev–Trinajstić information content (AvgIpc) is 2.80. The molecule has 0 aromatic heterocycles. The Morgan fingerprint density at radius 3 is 1.90 bits per heavy atom. The van der Waals surface area contributed by atoms with Gasteiger partial charge < -0.3 is 5.11 Å². The van der Waals surface area contributed by atoms with Crippen LogP contribution in [0.5, 0.6) is 0 Å². The van der Waals surface area contributed by atoms with Crippen molar-refractivity contribution in [2.24, 2.45) is 0 Å². The van der Waals surface area contributed by atoms with Gasteiger partial charge in [-0.3, -0.25) is 0 Å². The number of sulfonamides is 1. The molecule has 4 nitrogen and oxygen atoms in total. The molecule has 0 radical (unpaired) electrons. The maximum absolute atomic E-state index is 13.6. The van der Waals surface area contributed by atoms with Crippen molar-refractivity contribution >= 4 is 10.0 Å². The van der Waals surface area contributed by atoms with Gasteiger partial charge in [-0.05, 0) is 43.0 Å². The standard InChI is InChI=1S/C25H27NO3S/c1-20-15-17-23(18-16-20)30(28,29)26-19-9-8-14-24(26)25(27,21-10-4-2-5-11-21)22-12-6-3-7-13-22/h2-7,10-13,15-18,24,27H,8-9,14,19H2,1H3/t24-/m0/s1. The normalized spacial score (nSPS) is 18.3. The summed E-state index contributed by atoms with van der Waals surface area (Å²) in [5, 5.41) is 12.2. The van der Waals surface area contributed by atoms with Gasteiger partial charge in [0.1, 0.15) is 5.60 Å². The van der Waals surface area contributed by atoms with E-state index in [1.54, 1.807) is 12.1 Å². The molecule has 30 heavy (non-hydrogen) atoms. The van der Waals surface area contributed by atoms with Crippen LogP contribution in [-0.4, -0.2) is 30.4 Å². The molecule has 3 aromatic rings. The smallest absolute Gasteiger partial charge is 0.243 e.